The number of carbonyl (C=O) groups is 1. The maximum Gasteiger partial charge on any atom is 0.323 e. The van der Waals surface area contributed by atoms with Crippen LogP contribution in [-0.2, 0) is 4.79 Å². The van der Waals surface area contributed by atoms with Gasteiger partial charge < -0.3 is 10.8 Å². The minimum absolute atomic E-state index is 0. The Balaban J connectivity index is 0. The van der Waals surface area contributed by atoms with E-state index in [2.05, 4.69) is 13.8 Å². The number of hydrogen-bond donors (Lipinski definition) is 2. The summed E-state index contributed by atoms with van der Waals surface area (Å²) in [5, 5.41) is 9.05. The molecule has 3 nitrogen and oxygen atoms in total. The van der Waals surface area contributed by atoms with E-state index >= 15 is 0 Å². The smallest absolute Gasteiger partial charge is 0.323 e. The van der Waals surface area contributed by atoms with Gasteiger partial charge in [-0.3, -0.25) is 4.79 Å². The van der Waals surface area contributed by atoms with Crippen LogP contribution in [0.4, 0.5) is 0 Å². The monoisotopic (exact) mass is 237 g/mol. The lowest BCUT2D eigenvalue weighted by Gasteiger charge is -2.25. The Kier molecular flexibility index (Phi) is 9.07. The number of unbranched alkanes of at least 4 members (excludes halogenated alkanes) is 1. The van der Waals surface area contributed by atoms with E-state index in [1.165, 1.54) is 0 Å². The third-order valence-corrected chi connectivity index (χ3v) is 2.57. The maximum absolute atomic E-state index is 11.0. The summed E-state index contributed by atoms with van der Waals surface area (Å²) in [5.41, 5.74) is 4.88. The van der Waals surface area contributed by atoms with Crippen LogP contribution in [-0.4, -0.2) is 16.6 Å². The normalized spacial score (nSPS) is 14.5. The highest BCUT2D eigenvalue weighted by Gasteiger charge is 2.32. The fourth-order valence-corrected chi connectivity index (χ4v) is 1.38. The van der Waals surface area contributed by atoms with Crippen LogP contribution in [0.25, 0.3) is 0 Å². The van der Waals surface area contributed by atoms with E-state index in [1.54, 1.807) is 0 Å². The third kappa shape index (κ3) is 6.74. The van der Waals surface area contributed by atoms with Crippen molar-refractivity contribution in [1.29, 1.82) is 0 Å². The third-order valence-electron chi connectivity index (χ3n) is 2.57. The Labute approximate surface area is 98.8 Å². The molecule has 0 aliphatic carbocycles. The number of aliphatic carboxylic acids is 1. The molecule has 0 rings (SSSR count). The van der Waals surface area contributed by atoms with Crippen molar-refractivity contribution in [1.82, 2.24) is 0 Å². The van der Waals surface area contributed by atoms with Gasteiger partial charge in [0.2, 0.25) is 0 Å². The van der Waals surface area contributed by atoms with E-state index in [0.717, 1.165) is 19.3 Å². The molecule has 0 aromatic carbocycles. The van der Waals surface area contributed by atoms with Crippen molar-refractivity contribution in [2.24, 2.45) is 11.7 Å². The second-order valence-electron chi connectivity index (χ2n) is 4.50. The molecule has 0 unspecified atom stereocenters. The Morgan fingerprint density at radius 3 is 2.27 bits per heavy atom. The molecule has 0 spiro atoms. The molecular formula is C11H24ClNO2. The van der Waals surface area contributed by atoms with E-state index in [1.807, 2.05) is 6.92 Å². The predicted molar refractivity (Wildman–Crippen MR) is 65.4 cm³/mol. The SMILES string of the molecule is CCCC[C@@](N)(CCC(C)C)C(=O)O.Cl. The van der Waals surface area contributed by atoms with Crippen LogP contribution >= 0.6 is 12.4 Å². The zero-order valence-corrected chi connectivity index (χ0v) is 10.8. The zero-order chi connectivity index (χ0) is 11.2. The second kappa shape index (κ2) is 7.94. The molecule has 1 atom stereocenters. The van der Waals surface area contributed by atoms with Gasteiger partial charge in [0.05, 0.1) is 0 Å². The number of nitrogens with two attached hydrogens (primary N) is 1. The molecule has 0 fully saturated rings. The average molecular weight is 238 g/mol. The summed E-state index contributed by atoms with van der Waals surface area (Å²) in [6.07, 6.45) is 3.94. The molecule has 0 heterocycles. The van der Waals surface area contributed by atoms with Gasteiger partial charge in [-0.1, -0.05) is 33.6 Å². The first-order valence-electron chi connectivity index (χ1n) is 5.44. The Morgan fingerprint density at radius 1 is 1.40 bits per heavy atom. The highest BCUT2D eigenvalue weighted by atomic mass is 35.5. The maximum atomic E-state index is 11.0. The average Bonchev–Trinajstić information content (AvgIpc) is 2.11. The Hall–Kier alpha value is -0.280. The van der Waals surface area contributed by atoms with Gasteiger partial charge in [0.1, 0.15) is 5.54 Å². The lowest BCUT2D eigenvalue weighted by molar-refractivity contribution is -0.144. The van der Waals surface area contributed by atoms with E-state index in [-0.39, 0.29) is 12.4 Å². The van der Waals surface area contributed by atoms with Crippen LogP contribution in [0.5, 0.6) is 0 Å². The molecule has 92 valence electrons. The fourth-order valence-electron chi connectivity index (χ4n) is 1.38. The molecule has 4 heteroatoms. The summed E-state index contributed by atoms with van der Waals surface area (Å²) in [6, 6.07) is 0. The van der Waals surface area contributed by atoms with E-state index in [4.69, 9.17) is 10.8 Å². The summed E-state index contributed by atoms with van der Waals surface area (Å²) in [6.45, 7) is 6.22. The van der Waals surface area contributed by atoms with E-state index < -0.39 is 11.5 Å². The summed E-state index contributed by atoms with van der Waals surface area (Å²) in [4.78, 5) is 11.0. The summed E-state index contributed by atoms with van der Waals surface area (Å²) < 4.78 is 0. The molecule has 0 aromatic rings. The lowest BCUT2D eigenvalue weighted by atomic mass is 9.86. The van der Waals surface area contributed by atoms with Crippen LogP contribution in [0.15, 0.2) is 0 Å². The highest BCUT2D eigenvalue weighted by Crippen LogP contribution is 2.20. The quantitative estimate of drug-likeness (QED) is 0.716. The summed E-state index contributed by atoms with van der Waals surface area (Å²) >= 11 is 0. The van der Waals surface area contributed by atoms with E-state index in [9.17, 15) is 4.79 Å². The Bertz CT molecular complexity index is 185. The van der Waals surface area contributed by atoms with Gasteiger partial charge in [0.15, 0.2) is 0 Å². The van der Waals surface area contributed by atoms with Crippen LogP contribution in [0.3, 0.4) is 0 Å². The van der Waals surface area contributed by atoms with E-state index in [0.29, 0.717) is 18.8 Å². The van der Waals surface area contributed by atoms with Crippen LogP contribution in [0, 0.1) is 5.92 Å². The number of hydrogen-bond acceptors (Lipinski definition) is 2. The van der Waals surface area contributed by atoms with Gasteiger partial charge in [0, 0.05) is 0 Å². The van der Waals surface area contributed by atoms with Crippen molar-refractivity contribution in [2.75, 3.05) is 0 Å². The summed E-state index contributed by atoms with van der Waals surface area (Å²) in [7, 11) is 0. The minimum Gasteiger partial charge on any atom is -0.480 e. The Morgan fingerprint density at radius 2 is 1.93 bits per heavy atom. The number of rotatable bonds is 7. The number of carboxylic acids is 1. The zero-order valence-electron chi connectivity index (χ0n) is 9.95. The van der Waals surface area contributed by atoms with Gasteiger partial charge in [0.25, 0.3) is 0 Å². The number of carboxylic acid groups (broad SMARTS) is 1. The molecule has 3 N–H and O–H groups in total. The standard InChI is InChI=1S/C11H23NO2.ClH/c1-4-5-7-11(12,10(13)14)8-6-9(2)3;/h9H,4-8,12H2,1-3H3,(H,13,14);1H/t11-;/m1./s1. The first-order chi connectivity index (χ1) is 6.42. The molecule has 0 saturated carbocycles. The van der Waals surface area contributed by atoms with Gasteiger partial charge in [-0.2, -0.15) is 0 Å². The largest absolute Gasteiger partial charge is 0.480 e. The first kappa shape index (κ1) is 17.1. The van der Waals surface area contributed by atoms with Gasteiger partial charge in [-0.25, -0.2) is 0 Å². The first-order valence-corrected chi connectivity index (χ1v) is 5.44. The van der Waals surface area contributed by atoms with Crippen molar-refractivity contribution in [2.45, 2.75) is 58.4 Å². The minimum atomic E-state index is -1.000. The van der Waals surface area contributed by atoms with Gasteiger partial charge >= 0.3 is 5.97 Å². The van der Waals surface area contributed by atoms with Crippen molar-refractivity contribution in [3.05, 3.63) is 0 Å². The fraction of sp³-hybridized carbons (Fsp3) is 0.909. The van der Waals surface area contributed by atoms with Crippen molar-refractivity contribution < 1.29 is 9.90 Å². The van der Waals surface area contributed by atoms with Crippen LogP contribution in [0.1, 0.15) is 52.9 Å². The van der Waals surface area contributed by atoms with Gasteiger partial charge in [-0.15, -0.1) is 12.4 Å². The lowest BCUT2D eigenvalue weighted by Crippen LogP contribution is -2.48. The van der Waals surface area contributed by atoms with Crippen LogP contribution < -0.4 is 5.73 Å². The molecule has 0 radical (unpaired) electrons. The summed E-state index contributed by atoms with van der Waals surface area (Å²) in [5.74, 6) is -0.342. The van der Waals surface area contributed by atoms with Crippen molar-refractivity contribution in [3.63, 3.8) is 0 Å². The number of halogens is 1. The molecule has 0 aliphatic rings. The molecule has 0 amide bonds. The molecule has 0 aliphatic heterocycles. The predicted octanol–water partition coefficient (Wildman–Crippen LogP) is 2.82. The molecule has 0 saturated heterocycles. The molecule has 0 aromatic heterocycles. The highest BCUT2D eigenvalue weighted by molar-refractivity contribution is 5.85. The topological polar surface area (TPSA) is 63.3 Å². The van der Waals surface area contributed by atoms with Crippen molar-refractivity contribution in [3.8, 4) is 0 Å². The molecule has 15 heavy (non-hydrogen) atoms. The molecular weight excluding hydrogens is 214 g/mol. The second-order valence-corrected chi connectivity index (χ2v) is 4.50. The van der Waals surface area contributed by atoms with Crippen molar-refractivity contribution >= 4 is 18.4 Å². The van der Waals surface area contributed by atoms with Crippen LogP contribution in [0.2, 0.25) is 0 Å². The molecule has 0 bridgehead atoms. The van der Waals surface area contributed by atoms with Gasteiger partial charge in [-0.05, 0) is 25.2 Å².